The van der Waals surface area contributed by atoms with Crippen molar-refractivity contribution in [2.75, 3.05) is 19.6 Å². The first-order valence-electron chi connectivity index (χ1n) is 8.09. The number of nitrogens with zero attached hydrogens (tertiary/aromatic N) is 1. The fraction of sp³-hybridized carbons (Fsp3) is 0.667. The normalized spacial score (nSPS) is 19.7. The van der Waals surface area contributed by atoms with Crippen LogP contribution in [0.5, 0.6) is 0 Å². The zero-order chi connectivity index (χ0) is 15.5. The van der Waals surface area contributed by atoms with Crippen LogP contribution in [0.15, 0.2) is 24.3 Å². The minimum atomic E-state index is -0.199. The quantitative estimate of drug-likeness (QED) is 0.909. The molecular weight excluding hydrogens is 263 g/mol. The fourth-order valence-electron chi connectivity index (χ4n) is 3.22. The lowest BCUT2D eigenvalue weighted by Gasteiger charge is -2.39. The third-order valence-corrected chi connectivity index (χ3v) is 4.87. The van der Waals surface area contributed by atoms with Gasteiger partial charge in [-0.25, -0.2) is 4.39 Å². The van der Waals surface area contributed by atoms with Crippen molar-refractivity contribution in [3.63, 3.8) is 0 Å². The van der Waals surface area contributed by atoms with Crippen LogP contribution in [0.25, 0.3) is 0 Å². The highest BCUT2D eigenvalue weighted by atomic mass is 19.1. The van der Waals surface area contributed by atoms with Gasteiger partial charge in [0.2, 0.25) is 0 Å². The van der Waals surface area contributed by atoms with Crippen molar-refractivity contribution in [1.29, 1.82) is 0 Å². The van der Waals surface area contributed by atoms with Crippen molar-refractivity contribution >= 4 is 0 Å². The first kappa shape index (κ1) is 16.4. The van der Waals surface area contributed by atoms with E-state index in [1.54, 1.807) is 12.1 Å². The highest BCUT2D eigenvalue weighted by Crippen LogP contribution is 2.34. The number of nitrogens with two attached hydrogens (primary N) is 1. The molecule has 3 heteroatoms. The number of halogens is 1. The Labute approximate surface area is 128 Å². The van der Waals surface area contributed by atoms with Gasteiger partial charge < -0.3 is 10.6 Å². The summed E-state index contributed by atoms with van der Waals surface area (Å²) >= 11 is 0. The van der Waals surface area contributed by atoms with E-state index >= 15 is 0 Å². The van der Waals surface area contributed by atoms with Gasteiger partial charge in [0.05, 0.1) is 0 Å². The Morgan fingerprint density at radius 1 is 1.19 bits per heavy atom. The molecular formula is C18H29FN2. The second-order valence-corrected chi connectivity index (χ2v) is 7.43. The van der Waals surface area contributed by atoms with Crippen LogP contribution >= 0.6 is 0 Å². The van der Waals surface area contributed by atoms with E-state index in [1.165, 1.54) is 38.1 Å². The predicted octanol–water partition coefficient (Wildman–Crippen LogP) is 3.97. The molecule has 1 saturated heterocycles. The maximum absolute atomic E-state index is 12.9. The number of hydrogen-bond acceptors (Lipinski definition) is 2. The molecule has 1 aromatic rings. The Kier molecular flexibility index (Phi) is 5.39. The van der Waals surface area contributed by atoms with E-state index < -0.39 is 0 Å². The van der Waals surface area contributed by atoms with Crippen LogP contribution in [0, 0.1) is 17.2 Å². The lowest BCUT2D eigenvalue weighted by molar-refractivity contribution is 0.110. The molecule has 2 rings (SSSR count). The van der Waals surface area contributed by atoms with Gasteiger partial charge in [0, 0.05) is 6.04 Å². The van der Waals surface area contributed by atoms with Crippen molar-refractivity contribution in [2.24, 2.45) is 17.1 Å². The number of likely N-dealkylation sites (tertiary alicyclic amines) is 1. The summed E-state index contributed by atoms with van der Waals surface area (Å²) in [4.78, 5) is 2.52. The Morgan fingerprint density at radius 2 is 1.76 bits per heavy atom. The van der Waals surface area contributed by atoms with Crippen molar-refractivity contribution in [2.45, 2.75) is 46.1 Å². The largest absolute Gasteiger partial charge is 0.324 e. The molecule has 1 heterocycles. The molecule has 0 aliphatic carbocycles. The van der Waals surface area contributed by atoms with Crippen LogP contribution < -0.4 is 5.73 Å². The summed E-state index contributed by atoms with van der Waals surface area (Å²) in [5, 5.41) is 0. The monoisotopic (exact) mass is 292 g/mol. The Bertz CT molecular complexity index is 428. The summed E-state index contributed by atoms with van der Waals surface area (Å²) in [5.41, 5.74) is 7.67. The van der Waals surface area contributed by atoms with Crippen LogP contribution in [0.4, 0.5) is 4.39 Å². The van der Waals surface area contributed by atoms with Gasteiger partial charge in [0.15, 0.2) is 0 Å². The number of hydrogen-bond donors (Lipinski definition) is 1. The lowest BCUT2D eigenvalue weighted by Crippen LogP contribution is -2.39. The number of benzene rings is 1. The summed E-state index contributed by atoms with van der Waals surface area (Å²) in [7, 11) is 0. The summed E-state index contributed by atoms with van der Waals surface area (Å²) in [6.07, 6.45) is 3.51. The molecule has 1 aliphatic rings. The molecule has 118 valence electrons. The second-order valence-electron chi connectivity index (χ2n) is 7.43. The Hall–Kier alpha value is -0.930. The second kappa shape index (κ2) is 6.89. The van der Waals surface area contributed by atoms with Gasteiger partial charge >= 0.3 is 0 Å². The van der Waals surface area contributed by atoms with E-state index in [2.05, 4.69) is 25.7 Å². The number of piperidine rings is 1. The fourth-order valence-corrected chi connectivity index (χ4v) is 3.22. The molecule has 0 amide bonds. The van der Waals surface area contributed by atoms with Gasteiger partial charge in [0.25, 0.3) is 0 Å². The standard InChI is InChI=1S/C18H29FN2/c1-18(2,3)15-8-11-21(12-9-15)13-10-17(20)14-4-6-16(19)7-5-14/h4-7,15,17H,8-13,20H2,1-3H3. The Balaban J connectivity index is 1.76. The molecule has 0 saturated carbocycles. The van der Waals surface area contributed by atoms with E-state index in [0.717, 1.165) is 24.4 Å². The van der Waals surface area contributed by atoms with Gasteiger partial charge in [-0.05, 0) is 67.9 Å². The average Bonchev–Trinajstić information content (AvgIpc) is 2.45. The van der Waals surface area contributed by atoms with Gasteiger partial charge in [0.1, 0.15) is 5.82 Å². The highest BCUT2D eigenvalue weighted by molar-refractivity contribution is 5.19. The third-order valence-electron chi connectivity index (χ3n) is 4.87. The molecule has 0 aromatic heterocycles. The third kappa shape index (κ3) is 4.79. The smallest absolute Gasteiger partial charge is 0.123 e. The molecule has 21 heavy (non-hydrogen) atoms. The molecule has 1 fully saturated rings. The molecule has 1 aromatic carbocycles. The SMILES string of the molecule is CC(C)(C)C1CCN(CCC(N)c2ccc(F)cc2)CC1. The summed E-state index contributed by atoms with van der Waals surface area (Å²) in [6, 6.07) is 6.58. The van der Waals surface area contributed by atoms with E-state index in [9.17, 15) is 4.39 Å². The predicted molar refractivity (Wildman–Crippen MR) is 86.6 cm³/mol. The van der Waals surface area contributed by atoms with Crippen molar-refractivity contribution in [1.82, 2.24) is 4.90 Å². The van der Waals surface area contributed by atoms with Crippen molar-refractivity contribution in [3.05, 3.63) is 35.6 Å². The van der Waals surface area contributed by atoms with E-state index in [1.807, 2.05) is 0 Å². The average molecular weight is 292 g/mol. The van der Waals surface area contributed by atoms with Gasteiger partial charge in [-0.1, -0.05) is 32.9 Å². The molecule has 1 unspecified atom stereocenters. The van der Waals surface area contributed by atoms with Crippen LogP contribution in [-0.2, 0) is 0 Å². The molecule has 1 aliphatic heterocycles. The topological polar surface area (TPSA) is 29.3 Å². The lowest BCUT2D eigenvalue weighted by atomic mass is 9.75. The number of rotatable bonds is 4. The molecule has 0 bridgehead atoms. The summed E-state index contributed by atoms with van der Waals surface area (Å²) in [5.74, 6) is 0.634. The summed E-state index contributed by atoms with van der Waals surface area (Å²) in [6.45, 7) is 10.4. The van der Waals surface area contributed by atoms with Gasteiger partial charge in [-0.15, -0.1) is 0 Å². The van der Waals surface area contributed by atoms with E-state index in [4.69, 9.17) is 5.73 Å². The van der Waals surface area contributed by atoms with Crippen LogP contribution in [0.3, 0.4) is 0 Å². The van der Waals surface area contributed by atoms with Crippen molar-refractivity contribution in [3.8, 4) is 0 Å². The van der Waals surface area contributed by atoms with E-state index in [0.29, 0.717) is 5.41 Å². The minimum Gasteiger partial charge on any atom is -0.324 e. The molecule has 2 nitrogen and oxygen atoms in total. The van der Waals surface area contributed by atoms with Crippen LogP contribution in [0.1, 0.15) is 51.6 Å². The first-order chi connectivity index (χ1) is 9.86. The summed E-state index contributed by atoms with van der Waals surface area (Å²) < 4.78 is 12.9. The zero-order valence-electron chi connectivity index (χ0n) is 13.6. The minimum absolute atomic E-state index is 0.00550. The zero-order valence-corrected chi connectivity index (χ0v) is 13.6. The van der Waals surface area contributed by atoms with E-state index in [-0.39, 0.29) is 11.9 Å². The maximum Gasteiger partial charge on any atom is 0.123 e. The molecule has 2 N–H and O–H groups in total. The molecule has 1 atom stereocenters. The van der Waals surface area contributed by atoms with Crippen molar-refractivity contribution < 1.29 is 4.39 Å². The Morgan fingerprint density at radius 3 is 2.29 bits per heavy atom. The molecule has 0 spiro atoms. The first-order valence-corrected chi connectivity index (χ1v) is 8.09. The van der Waals surface area contributed by atoms with Crippen LogP contribution in [-0.4, -0.2) is 24.5 Å². The maximum atomic E-state index is 12.9. The highest BCUT2D eigenvalue weighted by Gasteiger charge is 2.28. The van der Waals surface area contributed by atoms with Gasteiger partial charge in [-0.3, -0.25) is 0 Å². The van der Waals surface area contributed by atoms with Crippen LogP contribution in [0.2, 0.25) is 0 Å². The molecule has 0 radical (unpaired) electrons. The van der Waals surface area contributed by atoms with Gasteiger partial charge in [-0.2, -0.15) is 0 Å².